The maximum absolute atomic E-state index is 5.26. The third-order valence-electron chi connectivity index (χ3n) is 12.5. The van der Waals surface area contributed by atoms with E-state index in [1.54, 1.807) is 0 Å². The van der Waals surface area contributed by atoms with Crippen LogP contribution in [0.15, 0.2) is 231 Å². The molecule has 0 aliphatic heterocycles. The standard InChI is InChI=1S/C60H38N2/c1-3-18-42(19-4-1)58-53-28-14-13-27-52(53)57(54-35-34-40-17-8-10-24-47(40)59(54)58)43-32-30-41(31-33-43)46-36-37-51(49-26-12-11-25-48(46)49)56-38-55(61-60(62-56)44-20-5-2-6-21-44)50-29-15-22-39-16-7-9-23-45(39)50/h1-38H. The van der Waals surface area contributed by atoms with E-state index in [9.17, 15) is 0 Å². The number of hydrogen-bond acceptors (Lipinski definition) is 2. The van der Waals surface area contributed by atoms with Crippen LogP contribution in [0.4, 0.5) is 0 Å². The summed E-state index contributed by atoms with van der Waals surface area (Å²) in [5, 5.41) is 12.2. The third kappa shape index (κ3) is 5.96. The lowest BCUT2D eigenvalue weighted by molar-refractivity contribution is 1.19. The second-order valence-corrected chi connectivity index (χ2v) is 16.0. The van der Waals surface area contributed by atoms with E-state index in [4.69, 9.17) is 9.97 Å². The third-order valence-corrected chi connectivity index (χ3v) is 12.5. The van der Waals surface area contributed by atoms with E-state index in [2.05, 4.69) is 212 Å². The van der Waals surface area contributed by atoms with Crippen molar-refractivity contribution in [2.24, 2.45) is 0 Å². The lowest BCUT2D eigenvalue weighted by Crippen LogP contribution is -1.97. The van der Waals surface area contributed by atoms with Gasteiger partial charge in [-0.25, -0.2) is 9.97 Å². The van der Waals surface area contributed by atoms with E-state index >= 15 is 0 Å². The molecule has 12 rings (SSSR count). The summed E-state index contributed by atoms with van der Waals surface area (Å²) in [7, 11) is 0. The van der Waals surface area contributed by atoms with E-state index in [1.807, 2.05) is 18.2 Å². The fourth-order valence-electron chi connectivity index (χ4n) is 9.64. The molecule has 12 aromatic rings. The normalized spacial score (nSPS) is 11.5. The first kappa shape index (κ1) is 35.7. The van der Waals surface area contributed by atoms with Gasteiger partial charge in [0.25, 0.3) is 0 Å². The molecule has 0 fully saturated rings. The molecule has 0 bridgehead atoms. The van der Waals surface area contributed by atoms with Crippen molar-refractivity contribution < 1.29 is 0 Å². The van der Waals surface area contributed by atoms with E-state index in [0.29, 0.717) is 5.82 Å². The Morgan fingerprint density at radius 1 is 0.242 bits per heavy atom. The fourth-order valence-corrected chi connectivity index (χ4v) is 9.64. The highest BCUT2D eigenvalue weighted by molar-refractivity contribution is 6.28. The highest BCUT2D eigenvalue weighted by Crippen LogP contribution is 2.47. The van der Waals surface area contributed by atoms with E-state index in [-0.39, 0.29) is 0 Å². The van der Waals surface area contributed by atoms with Crippen LogP contribution in [0.5, 0.6) is 0 Å². The van der Waals surface area contributed by atoms with Crippen molar-refractivity contribution in [1.82, 2.24) is 9.97 Å². The van der Waals surface area contributed by atoms with Gasteiger partial charge in [0.15, 0.2) is 5.82 Å². The molecule has 2 nitrogen and oxygen atoms in total. The fraction of sp³-hybridized carbons (Fsp3) is 0. The van der Waals surface area contributed by atoms with Gasteiger partial charge in [-0.2, -0.15) is 0 Å². The van der Waals surface area contributed by atoms with Crippen LogP contribution in [0.25, 0.3) is 121 Å². The zero-order chi connectivity index (χ0) is 41.0. The molecule has 2 heteroatoms. The summed E-state index contributed by atoms with van der Waals surface area (Å²) in [5.74, 6) is 0.708. The summed E-state index contributed by atoms with van der Waals surface area (Å²) < 4.78 is 0. The zero-order valence-electron chi connectivity index (χ0n) is 33.8. The summed E-state index contributed by atoms with van der Waals surface area (Å²) >= 11 is 0. The van der Waals surface area contributed by atoms with Crippen molar-refractivity contribution in [2.75, 3.05) is 0 Å². The first-order chi connectivity index (χ1) is 30.8. The Balaban J connectivity index is 1.02. The van der Waals surface area contributed by atoms with Gasteiger partial charge < -0.3 is 0 Å². The average molecular weight is 787 g/mol. The molecule has 0 saturated carbocycles. The monoisotopic (exact) mass is 786 g/mol. The summed E-state index contributed by atoms with van der Waals surface area (Å²) in [6.45, 7) is 0. The number of fused-ring (bicyclic) bond motifs is 6. The summed E-state index contributed by atoms with van der Waals surface area (Å²) in [4.78, 5) is 10.4. The van der Waals surface area contributed by atoms with Crippen LogP contribution >= 0.6 is 0 Å². The Hall–Kier alpha value is -8.20. The van der Waals surface area contributed by atoms with Crippen LogP contribution in [0.3, 0.4) is 0 Å². The van der Waals surface area contributed by atoms with Gasteiger partial charge in [0.05, 0.1) is 11.4 Å². The van der Waals surface area contributed by atoms with Crippen LogP contribution in [0.1, 0.15) is 0 Å². The molecule has 0 amide bonds. The molecule has 1 heterocycles. The second kappa shape index (κ2) is 14.8. The lowest BCUT2D eigenvalue weighted by Gasteiger charge is -2.19. The summed E-state index contributed by atoms with van der Waals surface area (Å²) in [6.07, 6.45) is 0. The van der Waals surface area contributed by atoms with Crippen molar-refractivity contribution in [1.29, 1.82) is 0 Å². The van der Waals surface area contributed by atoms with Gasteiger partial charge in [-0.05, 0) is 93.3 Å². The summed E-state index contributed by atoms with van der Waals surface area (Å²) in [5.41, 5.74) is 12.3. The predicted molar refractivity (Wildman–Crippen MR) is 262 cm³/mol. The first-order valence-electron chi connectivity index (χ1n) is 21.2. The molecular weight excluding hydrogens is 749 g/mol. The molecule has 1 aromatic heterocycles. The van der Waals surface area contributed by atoms with Crippen molar-refractivity contribution in [3.05, 3.63) is 231 Å². The van der Waals surface area contributed by atoms with Crippen LogP contribution in [0, 0.1) is 0 Å². The topological polar surface area (TPSA) is 25.8 Å². The SMILES string of the molecule is c1ccc(-c2nc(-c3cccc4ccccc34)cc(-c3ccc(-c4ccc(-c5c6ccccc6c(-c6ccccc6)c6c5ccc5ccccc56)cc4)c4ccccc34)n2)cc1. The minimum absolute atomic E-state index is 0.708. The number of rotatable bonds is 6. The van der Waals surface area contributed by atoms with Crippen LogP contribution in [-0.4, -0.2) is 9.97 Å². The van der Waals surface area contributed by atoms with E-state index in [0.717, 1.165) is 33.5 Å². The van der Waals surface area contributed by atoms with Crippen molar-refractivity contribution in [2.45, 2.75) is 0 Å². The van der Waals surface area contributed by atoms with E-state index in [1.165, 1.54) is 81.9 Å². The van der Waals surface area contributed by atoms with Crippen LogP contribution < -0.4 is 0 Å². The Bertz CT molecular complexity index is 3660. The number of nitrogens with zero attached hydrogens (tertiary/aromatic N) is 2. The van der Waals surface area contributed by atoms with Crippen molar-refractivity contribution in [3.63, 3.8) is 0 Å². The molecule has 0 aliphatic carbocycles. The molecule has 0 atom stereocenters. The van der Waals surface area contributed by atoms with Gasteiger partial charge >= 0.3 is 0 Å². The number of aromatic nitrogens is 2. The Morgan fingerprint density at radius 3 is 1.40 bits per heavy atom. The highest BCUT2D eigenvalue weighted by Gasteiger charge is 2.20. The Labute approximate surface area is 360 Å². The predicted octanol–water partition coefficient (Wildman–Crippen LogP) is 16.2. The summed E-state index contributed by atoms with van der Waals surface area (Å²) in [6, 6.07) is 83.0. The lowest BCUT2D eigenvalue weighted by atomic mass is 9.83. The van der Waals surface area contributed by atoms with Gasteiger partial charge in [0.1, 0.15) is 0 Å². The largest absolute Gasteiger partial charge is 0.228 e. The Kier molecular flexibility index (Phi) is 8.53. The Morgan fingerprint density at radius 2 is 0.710 bits per heavy atom. The van der Waals surface area contributed by atoms with Crippen molar-refractivity contribution in [3.8, 4) is 67.3 Å². The zero-order valence-corrected chi connectivity index (χ0v) is 33.8. The molecule has 11 aromatic carbocycles. The molecule has 62 heavy (non-hydrogen) atoms. The maximum Gasteiger partial charge on any atom is 0.160 e. The minimum atomic E-state index is 0.708. The quantitative estimate of drug-likeness (QED) is 0.124. The van der Waals surface area contributed by atoms with Gasteiger partial charge in [-0.3, -0.25) is 0 Å². The smallest absolute Gasteiger partial charge is 0.160 e. The van der Waals surface area contributed by atoms with Gasteiger partial charge in [-0.15, -0.1) is 0 Å². The van der Waals surface area contributed by atoms with Crippen molar-refractivity contribution >= 4 is 53.9 Å². The molecule has 0 saturated heterocycles. The molecule has 0 N–H and O–H groups in total. The second-order valence-electron chi connectivity index (χ2n) is 16.0. The minimum Gasteiger partial charge on any atom is -0.228 e. The average Bonchev–Trinajstić information content (AvgIpc) is 3.35. The first-order valence-corrected chi connectivity index (χ1v) is 21.2. The molecule has 0 spiro atoms. The maximum atomic E-state index is 5.26. The van der Waals surface area contributed by atoms with Crippen LogP contribution in [-0.2, 0) is 0 Å². The molecule has 288 valence electrons. The van der Waals surface area contributed by atoms with Gasteiger partial charge in [-0.1, -0.05) is 224 Å². The number of hydrogen-bond donors (Lipinski definition) is 0. The molecule has 0 radical (unpaired) electrons. The van der Waals surface area contributed by atoms with E-state index < -0.39 is 0 Å². The van der Waals surface area contributed by atoms with Gasteiger partial charge in [0, 0.05) is 16.7 Å². The van der Waals surface area contributed by atoms with Gasteiger partial charge in [0.2, 0.25) is 0 Å². The molecule has 0 unspecified atom stereocenters. The number of benzene rings is 11. The van der Waals surface area contributed by atoms with Crippen LogP contribution in [0.2, 0.25) is 0 Å². The molecule has 0 aliphatic rings. The molecular formula is C60H38N2. The highest BCUT2D eigenvalue weighted by atomic mass is 14.9.